The Labute approximate surface area is 264 Å². The molecule has 5 rings (SSSR count). The summed E-state index contributed by atoms with van der Waals surface area (Å²) in [5.74, 6) is -1.91. The monoisotopic (exact) mass is 660 g/mol. The molecule has 0 aromatic carbocycles. The molecule has 1 saturated heterocycles. The number of aliphatic carboxylic acids is 1. The van der Waals surface area contributed by atoms with Gasteiger partial charge in [-0.05, 0) is 86.5 Å². The van der Waals surface area contributed by atoms with Crippen LogP contribution in [0.25, 0.3) is 0 Å². The van der Waals surface area contributed by atoms with Crippen LogP contribution in [0.4, 0.5) is 0 Å². The van der Waals surface area contributed by atoms with Crippen LogP contribution in [-0.4, -0.2) is 94.9 Å². The molecule has 13 nitrogen and oxygen atoms in total. The summed E-state index contributed by atoms with van der Waals surface area (Å²) in [6.07, 6.45) is -5.79. The van der Waals surface area contributed by atoms with Crippen molar-refractivity contribution in [2.45, 2.75) is 122 Å². The van der Waals surface area contributed by atoms with Gasteiger partial charge < -0.3 is 34.6 Å². The van der Waals surface area contributed by atoms with Crippen molar-refractivity contribution in [3.05, 3.63) is 12.2 Å². The van der Waals surface area contributed by atoms with Gasteiger partial charge in [-0.3, -0.25) is 14.1 Å². The molecule has 256 valence electrons. The first-order valence-electron chi connectivity index (χ1n) is 15.9. The van der Waals surface area contributed by atoms with E-state index in [2.05, 4.69) is 13.5 Å². The molecular weight excluding hydrogens is 612 g/mol. The maximum Gasteiger partial charge on any atom is 0.397 e. The zero-order chi connectivity index (χ0) is 33.3. The molecule has 4 saturated carbocycles. The van der Waals surface area contributed by atoms with Crippen LogP contribution in [0.2, 0.25) is 0 Å². The number of ether oxygens (including phenoxy) is 3. The molecule has 0 amide bonds. The van der Waals surface area contributed by atoms with Gasteiger partial charge in [-0.15, -0.1) is 0 Å². The number of carboxylic acid groups (broad SMARTS) is 1. The molecule has 45 heavy (non-hydrogen) atoms. The van der Waals surface area contributed by atoms with E-state index < -0.39 is 88.1 Å². The predicted octanol–water partition coefficient (Wildman–Crippen LogP) is 2.23. The number of aliphatic hydroxyl groups is 3. The molecule has 13 atom stereocenters. The number of aliphatic hydroxyl groups excluding tert-OH is 3. The van der Waals surface area contributed by atoms with Crippen molar-refractivity contribution >= 4 is 22.3 Å². The summed E-state index contributed by atoms with van der Waals surface area (Å²) in [6, 6.07) is 0. The summed E-state index contributed by atoms with van der Waals surface area (Å²) in [6.45, 7) is 10.7. The van der Waals surface area contributed by atoms with E-state index in [1.165, 1.54) is 0 Å². The third kappa shape index (κ3) is 5.98. The molecule has 0 aromatic rings. The van der Waals surface area contributed by atoms with Crippen LogP contribution >= 0.6 is 0 Å². The van der Waals surface area contributed by atoms with E-state index in [1.807, 2.05) is 0 Å². The largest absolute Gasteiger partial charge is 0.481 e. The van der Waals surface area contributed by atoms with Gasteiger partial charge in [0.1, 0.15) is 18.3 Å². The number of carbonyl (C=O) groups excluding carboxylic acids is 1. The van der Waals surface area contributed by atoms with Crippen molar-refractivity contribution in [1.82, 2.24) is 0 Å². The lowest BCUT2D eigenvalue weighted by Gasteiger charge is -2.64. The Kier molecular flexibility index (Phi) is 9.33. The minimum atomic E-state index is -5.17. The van der Waals surface area contributed by atoms with Gasteiger partial charge in [-0.25, -0.2) is 4.18 Å². The van der Waals surface area contributed by atoms with Gasteiger partial charge in [-0.1, -0.05) is 27.4 Å². The highest BCUT2D eigenvalue weighted by molar-refractivity contribution is 7.80. The van der Waals surface area contributed by atoms with Crippen molar-refractivity contribution in [2.24, 2.45) is 39.9 Å². The van der Waals surface area contributed by atoms with Crippen molar-refractivity contribution < 1.29 is 61.4 Å². The smallest absolute Gasteiger partial charge is 0.397 e. The molecule has 5 aliphatic rings. The molecule has 5 N–H and O–H groups in total. The van der Waals surface area contributed by atoms with Crippen molar-refractivity contribution in [3.8, 4) is 0 Å². The average Bonchev–Trinajstić information content (AvgIpc) is 3.09. The second-order valence-corrected chi connectivity index (χ2v) is 16.0. The highest BCUT2D eigenvalue weighted by Gasteiger charge is 2.69. The van der Waals surface area contributed by atoms with Crippen molar-refractivity contribution in [3.63, 3.8) is 0 Å². The minimum Gasteiger partial charge on any atom is -0.481 e. The van der Waals surface area contributed by atoms with Crippen LogP contribution < -0.4 is 0 Å². The van der Waals surface area contributed by atoms with Crippen LogP contribution in [0, 0.1) is 39.9 Å². The maximum atomic E-state index is 13.0. The van der Waals surface area contributed by atoms with E-state index in [0.717, 1.165) is 24.8 Å². The van der Waals surface area contributed by atoms with Gasteiger partial charge in [0.25, 0.3) is 0 Å². The summed E-state index contributed by atoms with van der Waals surface area (Å²) < 4.78 is 55.7. The third-order valence-electron chi connectivity index (χ3n) is 11.8. The summed E-state index contributed by atoms with van der Waals surface area (Å²) in [7, 11) is -5.17. The molecule has 5 fully saturated rings. The van der Waals surface area contributed by atoms with Gasteiger partial charge in [0.15, 0.2) is 12.4 Å². The zero-order valence-corrected chi connectivity index (χ0v) is 27.1. The number of carboxylic acids is 1. The Balaban J connectivity index is 1.50. The Bertz CT molecular complexity index is 1290. The summed E-state index contributed by atoms with van der Waals surface area (Å²) in [4.78, 5) is 25.8. The molecule has 0 radical (unpaired) electrons. The molecule has 0 aromatic heterocycles. The van der Waals surface area contributed by atoms with Gasteiger partial charge in [-0.2, -0.15) is 8.42 Å². The van der Waals surface area contributed by atoms with E-state index >= 15 is 0 Å². The predicted molar refractivity (Wildman–Crippen MR) is 157 cm³/mol. The van der Waals surface area contributed by atoms with Crippen LogP contribution in [0.15, 0.2) is 12.2 Å². The van der Waals surface area contributed by atoms with Gasteiger partial charge in [0.2, 0.25) is 0 Å². The third-order valence-corrected chi connectivity index (χ3v) is 12.3. The molecule has 4 aliphatic carbocycles. The maximum absolute atomic E-state index is 13.0. The van der Waals surface area contributed by atoms with Crippen molar-refractivity contribution in [2.75, 3.05) is 6.61 Å². The lowest BCUT2D eigenvalue weighted by molar-refractivity contribution is -0.321. The summed E-state index contributed by atoms with van der Waals surface area (Å²) >= 11 is 0. The minimum absolute atomic E-state index is 0.0195. The number of esters is 1. The fourth-order valence-corrected chi connectivity index (χ4v) is 10.5. The molecule has 14 heteroatoms. The quantitative estimate of drug-likeness (QED) is 0.104. The standard InChI is InChI=1S/C31H48O13S/c1-15(2)10-22(33)43-25-24(44-45(38,39)40)23(34)19(14-32)42-27(25)41-18-12-29(4)20(30(5,13-18)28(36)37)8-9-31-11-17(6-7-21(29)31)16(3)26(31)35/h15,17-21,23-27,32,34-35H,3,6-14H2,1-2,4-5H3,(H,36,37)(H,38,39,40)/t17-,18+,19-,20+,21+,23-,24+,25-,26+,27-,29-,30-,31-/m1/s1. The first kappa shape index (κ1) is 34.7. The van der Waals surface area contributed by atoms with Crippen LogP contribution in [0.1, 0.15) is 79.1 Å². The SMILES string of the molecule is C=C1[C@@H]2CC[C@H]3[C@]4(C)C[C@H](O[C@@H]5O[C@H](CO)[C@@H](O)[C@H](OS(=O)(=O)O)[C@H]5OC(=O)CC(C)C)C[C@@](C)(C(=O)O)[C@H]4CC[C@]3(C2)[C@H]1O. The fraction of sp³-hybridized carbons (Fsp3) is 0.871. The average molecular weight is 661 g/mol. The molecule has 1 aliphatic heterocycles. The lowest BCUT2D eigenvalue weighted by Crippen LogP contribution is -2.65. The van der Waals surface area contributed by atoms with E-state index in [4.69, 9.17) is 18.4 Å². The first-order valence-corrected chi connectivity index (χ1v) is 17.3. The van der Waals surface area contributed by atoms with E-state index in [9.17, 15) is 43.0 Å². The highest BCUT2D eigenvalue weighted by atomic mass is 32.3. The van der Waals surface area contributed by atoms with E-state index in [-0.39, 0.29) is 36.5 Å². The zero-order valence-electron chi connectivity index (χ0n) is 26.3. The fourth-order valence-electron chi connectivity index (χ4n) is 10.0. The summed E-state index contributed by atoms with van der Waals surface area (Å²) in [5.41, 5.74) is -1.40. The highest BCUT2D eigenvalue weighted by Crippen LogP contribution is 2.72. The molecule has 2 bridgehead atoms. The Hall–Kier alpha value is -1.65. The normalized spacial score (nSPS) is 46.4. The van der Waals surface area contributed by atoms with Crippen molar-refractivity contribution in [1.29, 1.82) is 0 Å². The Morgan fingerprint density at radius 1 is 1.07 bits per heavy atom. The van der Waals surface area contributed by atoms with Crippen LogP contribution in [0.5, 0.6) is 0 Å². The number of carbonyl (C=O) groups is 2. The van der Waals surface area contributed by atoms with Gasteiger partial charge in [0, 0.05) is 11.8 Å². The van der Waals surface area contributed by atoms with Gasteiger partial charge >= 0.3 is 22.3 Å². The van der Waals surface area contributed by atoms with Gasteiger partial charge in [0.05, 0.1) is 24.2 Å². The number of fused-ring (bicyclic) bond motifs is 3. The number of rotatable bonds is 9. The van der Waals surface area contributed by atoms with Crippen LogP contribution in [-0.2, 0) is 38.4 Å². The van der Waals surface area contributed by atoms with E-state index in [0.29, 0.717) is 19.3 Å². The molecule has 1 heterocycles. The second kappa shape index (κ2) is 12.1. The Morgan fingerprint density at radius 3 is 2.36 bits per heavy atom. The molecule has 0 unspecified atom stereocenters. The first-order chi connectivity index (χ1) is 20.9. The number of hydrogen-bond acceptors (Lipinski definition) is 11. The topological polar surface area (TPSA) is 206 Å². The molecule has 1 spiro atoms. The second-order valence-electron chi connectivity index (χ2n) is 15.0. The summed E-state index contributed by atoms with van der Waals surface area (Å²) in [5, 5.41) is 42.9. The lowest BCUT2D eigenvalue weighted by atomic mass is 9.40. The Morgan fingerprint density at radius 2 is 1.76 bits per heavy atom. The number of hydrogen-bond donors (Lipinski definition) is 5. The van der Waals surface area contributed by atoms with Crippen LogP contribution in [0.3, 0.4) is 0 Å². The van der Waals surface area contributed by atoms with E-state index in [1.54, 1.807) is 20.8 Å². The molecular formula is C31H48O13S.